The predicted octanol–water partition coefficient (Wildman–Crippen LogP) is 7.23. The molecular weight excluding hydrogens is 979 g/mol. The lowest BCUT2D eigenvalue weighted by Gasteiger charge is -2.49. The first-order chi connectivity index (χ1) is 32.4. The maximum absolute atomic E-state index is 14.4. The van der Waals surface area contributed by atoms with Gasteiger partial charge in [-0.2, -0.15) is 0 Å². The second-order valence-corrected chi connectivity index (χ2v) is 21.8. The standard InChI is InChI=1S/C38H65NO14.C11H10Cl3NO2/c1-14-25-37(10)31(51-34(43)52-37)22(6)38(44)18(2)16-36(9,53-38)30(50-33-27(40)24(39(11)12)15-19(3)46-33)20(4)28(21(5)32(42)48-25)49-26-17-35(8,45-13)29(41)23(7)47-26;1-2-5(11(16)17)3-6-7(12)4-8(13)10(15)9(6)14/h18-31,33,40-41,44H,14-17H2,1-13H3;3-4H,2,15H2,1H3,(H,16,17)/b;5-3+. The second-order valence-electron chi connectivity index (χ2n) is 20.6. The highest BCUT2D eigenvalue weighted by atomic mass is 35.5. The van der Waals surface area contributed by atoms with E-state index in [1.807, 2.05) is 53.6 Å². The monoisotopic (exact) mass is 1050 g/mol. The minimum atomic E-state index is -1.86. The van der Waals surface area contributed by atoms with Crippen LogP contribution in [0.1, 0.15) is 114 Å². The van der Waals surface area contributed by atoms with Gasteiger partial charge in [-0.15, -0.1) is 0 Å². The van der Waals surface area contributed by atoms with Gasteiger partial charge < -0.3 is 73.7 Å². The maximum Gasteiger partial charge on any atom is 0.509 e. The van der Waals surface area contributed by atoms with Gasteiger partial charge in [0.15, 0.2) is 30.1 Å². The van der Waals surface area contributed by atoms with E-state index in [4.69, 9.17) is 88.3 Å². The molecule has 5 heterocycles. The van der Waals surface area contributed by atoms with Crippen LogP contribution in [0.2, 0.25) is 15.1 Å². The molecule has 6 rings (SSSR count). The van der Waals surface area contributed by atoms with Gasteiger partial charge in [0, 0.05) is 42.5 Å². The number of benzene rings is 1. The summed E-state index contributed by atoms with van der Waals surface area (Å²) >= 11 is 17.7. The Morgan fingerprint density at radius 3 is 2.19 bits per heavy atom. The highest BCUT2D eigenvalue weighted by molar-refractivity contribution is 6.43. The Hall–Kier alpha value is -2.56. The molecule has 0 amide bonds. The van der Waals surface area contributed by atoms with Crippen molar-refractivity contribution in [2.75, 3.05) is 26.9 Å². The van der Waals surface area contributed by atoms with E-state index in [0.717, 1.165) is 0 Å². The van der Waals surface area contributed by atoms with E-state index in [1.165, 1.54) is 19.3 Å². The van der Waals surface area contributed by atoms with Crippen molar-refractivity contribution in [3.05, 3.63) is 32.3 Å². The highest BCUT2D eigenvalue weighted by Gasteiger charge is 2.67. The maximum atomic E-state index is 14.4. The molecule has 0 radical (unpaired) electrons. The van der Waals surface area contributed by atoms with Gasteiger partial charge in [0.1, 0.15) is 18.3 Å². The first-order valence-corrected chi connectivity index (χ1v) is 25.2. The van der Waals surface area contributed by atoms with Crippen molar-refractivity contribution >= 4 is 64.7 Å². The number of hydrogen-bond donors (Lipinski definition) is 5. The Kier molecular flexibility index (Phi) is 18.8. The number of ether oxygens (including phenoxy) is 9. The number of rotatable bonds is 10. The summed E-state index contributed by atoms with van der Waals surface area (Å²) in [6, 6.07) is 1.16. The number of halogens is 3. The van der Waals surface area contributed by atoms with Gasteiger partial charge in [-0.1, -0.05) is 69.4 Å². The summed E-state index contributed by atoms with van der Waals surface area (Å²) in [4.78, 5) is 40.0. The number of nitrogens with two attached hydrogens (primary N) is 1. The van der Waals surface area contributed by atoms with Crippen LogP contribution in [-0.4, -0.2) is 155 Å². The van der Waals surface area contributed by atoms with E-state index < -0.39 is 120 Å². The molecular formula is C49H75Cl3N2O16. The molecule has 5 aliphatic rings. The van der Waals surface area contributed by atoms with Crippen LogP contribution >= 0.6 is 34.8 Å². The summed E-state index contributed by atoms with van der Waals surface area (Å²) in [5, 5.41) is 44.8. The lowest BCUT2D eigenvalue weighted by molar-refractivity contribution is -0.337. The van der Waals surface area contributed by atoms with Crippen molar-refractivity contribution in [2.24, 2.45) is 23.7 Å². The molecule has 2 bridgehead atoms. The number of carboxylic acid groups (broad SMARTS) is 1. The van der Waals surface area contributed by atoms with Crippen molar-refractivity contribution < 1.29 is 77.4 Å². The average Bonchev–Trinajstić information content (AvgIpc) is 3.74. The third-order valence-corrected chi connectivity index (χ3v) is 16.3. The number of nitrogen functional groups attached to an aromatic ring is 1. The minimum absolute atomic E-state index is 0.144. The molecule has 1 aromatic rings. The number of anilines is 1. The Balaban J connectivity index is 0.000000453. The largest absolute Gasteiger partial charge is 0.509 e. The molecule has 70 heavy (non-hydrogen) atoms. The molecule has 19 unspecified atom stereocenters. The number of methoxy groups -OCH3 is 1. The van der Waals surface area contributed by atoms with Crippen molar-refractivity contribution in [3.8, 4) is 0 Å². The smallest absolute Gasteiger partial charge is 0.478 e. The van der Waals surface area contributed by atoms with Crippen LogP contribution in [-0.2, 0) is 52.2 Å². The molecule has 0 aromatic heterocycles. The highest BCUT2D eigenvalue weighted by Crippen LogP contribution is 2.54. The molecule has 398 valence electrons. The van der Waals surface area contributed by atoms with Crippen molar-refractivity contribution in [3.63, 3.8) is 0 Å². The van der Waals surface area contributed by atoms with Crippen LogP contribution in [0.5, 0.6) is 0 Å². The summed E-state index contributed by atoms with van der Waals surface area (Å²) in [6.45, 7) is 19.6. The number of esters is 1. The zero-order chi connectivity index (χ0) is 52.7. The number of aliphatic carboxylic acids is 1. The number of carbonyl (C=O) groups excluding carboxylic acids is 2. The molecule has 19 atom stereocenters. The van der Waals surface area contributed by atoms with E-state index in [-0.39, 0.29) is 57.7 Å². The topological polar surface area (TPSA) is 244 Å². The quantitative estimate of drug-likeness (QED) is 0.0881. The van der Waals surface area contributed by atoms with E-state index in [0.29, 0.717) is 18.4 Å². The number of likely N-dealkylation sites (N-methyl/N-ethyl adjacent to an activating group) is 1. The molecule has 5 aliphatic heterocycles. The Bertz CT molecular complexity index is 2090. The molecule has 6 N–H and O–H groups in total. The molecule has 1 aromatic carbocycles. The summed E-state index contributed by atoms with van der Waals surface area (Å²) in [7, 11) is 5.29. The Labute approximate surface area is 426 Å². The average molecular weight is 1050 g/mol. The molecule has 5 fully saturated rings. The Morgan fingerprint density at radius 1 is 0.971 bits per heavy atom. The molecule has 0 spiro atoms. The van der Waals surface area contributed by atoms with Gasteiger partial charge in [0.2, 0.25) is 0 Å². The number of fused-ring (bicyclic) bond motifs is 3. The Morgan fingerprint density at radius 2 is 1.61 bits per heavy atom. The van der Waals surface area contributed by atoms with Gasteiger partial charge in [-0.05, 0) is 93.5 Å². The van der Waals surface area contributed by atoms with Crippen LogP contribution in [0.25, 0.3) is 6.08 Å². The van der Waals surface area contributed by atoms with Gasteiger partial charge in [0.05, 0.1) is 68.2 Å². The van der Waals surface area contributed by atoms with Crippen molar-refractivity contribution in [2.45, 2.75) is 198 Å². The zero-order valence-electron chi connectivity index (χ0n) is 42.7. The lowest BCUT2D eigenvalue weighted by Crippen LogP contribution is -2.60. The van der Waals surface area contributed by atoms with Gasteiger partial charge in [-0.3, -0.25) is 4.79 Å². The second kappa shape index (κ2) is 22.5. The number of hydrogen-bond acceptors (Lipinski definition) is 17. The fourth-order valence-electron chi connectivity index (χ4n) is 11.0. The number of nitrogens with zero attached hydrogens (tertiary/aromatic N) is 1. The van der Waals surface area contributed by atoms with Crippen LogP contribution in [0.4, 0.5) is 10.5 Å². The van der Waals surface area contributed by atoms with E-state index in [1.54, 1.807) is 41.5 Å². The third kappa shape index (κ3) is 11.5. The summed E-state index contributed by atoms with van der Waals surface area (Å²) in [5.41, 5.74) is 2.64. The van der Waals surface area contributed by atoms with Gasteiger partial charge >= 0.3 is 18.1 Å². The summed E-state index contributed by atoms with van der Waals surface area (Å²) < 4.78 is 56.5. The number of cyclic esters (lactones) is 1. The number of carboxylic acids is 1. The van der Waals surface area contributed by atoms with E-state index >= 15 is 0 Å². The fraction of sp³-hybridized carbons (Fsp3) is 0.776. The fourth-order valence-corrected chi connectivity index (χ4v) is 11.9. The summed E-state index contributed by atoms with van der Waals surface area (Å²) in [6.07, 6.45) is -6.81. The molecule has 0 aliphatic carbocycles. The number of carbonyl (C=O) groups is 3. The van der Waals surface area contributed by atoms with E-state index in [9.17, 15) is 29.7 Å². The predicted molar refractivity (Wildman–Crippen MR) is 260 cm³/mol. The van der Waals surface area contributed by atoms with Crippen LogP contribution in [0, 0.1) is 23.7 Å². The minimum Gasteiger partial charge on any atom is -0.478 e. The van der Waals surface area contributed by atoms with Crippen molar-refractivity contribution in [1.82, 2.24) is 4.90 Å². The van der Waals surface area contributed by atoms with Crippen LogP contribution < -0.4 is 5.73 Å². The number of aliphatic hydroxyl groups is 3. The van der Waals surface area contributed by atoms with Crippen LogP contribution in [0.15, 0.2) is 11.6 Å². The van der Waals surface area contributed by atoms with Gasteiger partial charge in [-0.25, -0.2) is 9.59 Å². The first-order valence-electron chi connectivity index (χ1n) is 24.0. The van der Waals surface area contributed by atoms with Gasteiger partial charge in [0.25, 0.3) is 0 Å². The normalized spacial score (nSPS) is 42.5. The van der Waals surface area contributed by atoms with Crippen molar-refractivity contribution in [1.29, 1.82) is 0 Å². The third-order valence-electron chi connectivity index (χ3n) is 15.3. The molecule has 18 nitrogen and oxygen atoms in total. The first kappa shape index (κ1) is 58.3. The molecule has 21 heteroatoms. The van der Waals surface area contributed by atoms with E-state index in [2.05, 4.69) is 0 Å². The molecule has 0 saturated carbocycles. The SMILES string of the molecule is CC/C(=C\c1c(Cl)cc(Cl)c(N)c1Cl)C(=O)O.CCC1OC(=O)C(C)C(OC2CC(C)(OC)C(O)C(C)O2)C(C)C(OC2OC(C)CC(N(C)C)C2O)C2(C)CC(C)C(O)(O2)C(C)C2OC(=O)OC12C. The van der Waals surface area contributed by atoms with Crippen LogP contribution in [0.3, 0.4) is 0 Å². The zero-order valence-corrected chi connectivity index (χ0v) is 45.0. The summed E-state index contributed by atoms with van der Waals surface area (Å²) in [5.74, 6) is -6.53. The lowest BCUT2D eigenvalue weighted by atomic mass is 9.75. The molecule has 5 saturated heterocycles. The number of aliphatic hydroxyl groups excluding tert-OH is 2.